The molecule has 34 heavy (non-hydrogen) atoms. The standard InChI is InChI=1S/C25H28N4O5/c1-26-13-7-12-23(26)18-28(17-20-8-4-3-5-9-20)24(30)19-27(14-15-34-2)25(31)21-10-6-11-22(16-21)29(32)33/h3-13,16H,14-15,17-19H2,1-2H3. The Morgan fingerprint density at radius 1 is 1.00 bits per heavy atom. The largest absolute Gasteiger partial charge is 0.383 e. The van der Waals surface area contributed by atoms with Crippen molar-refractivity contribution in [2.45, 2.75) is 13.1 Å². The number of carbonyl (C=O) groups is 2. The molecule has 0 saturated heterocycles. The molecule has 2 amide bonds. The molecule has 9 nitrogen and oxygen atoms in total. The van der Waals surface area contributed by atoms with E-state index in [1.807, 2.05) is 60.3 Å². The van der Waals surface area contributed by atoms with Crippen LogP contribution in [-0.2, 0) is 29.7 Å². The van der Waals surface area contributed by atoms with Crippen LogP contribution in [-0.4, -0.2) is 57.9 Å². The van der Waals surface area contributed by atoms with Crippen LogP contribution in [0.25, 0.3) is 0 Å². The number of benzene rings is 2. The lowest BCUT2D eigenvalue weighted by molar-refractivity contribution is -0.384. The van der Waals surface area contributed by atoms with Crippen LogP contribution in [0.1, 0.15) is 21.6 Å². The van der Waals surface area contributed by atoms with Crippen molar-refractivity contribution >= 4 is 17.5 Å². The van der Waals surface area contributed by atoms with Gasteiger partial charge >= 0.3 is 0 Å². The number of ether oxygens (including phenoxy) is 1. The third-order valence-electron chi connectivity index (χ3n) is 5.46. The first-order valence-corrected chi connectivity index (χ1v) is 10.8. The van der Waals surface area contributed by atoms with E-state index < -0.39 is 10.8 Å². The maximum absolute atomic E-state index is 13.4. The zero-order chi connectivity index (χ0) is 24.5. The van der Waals surface area contributed by atoms with Crippen LogP contribution in [0.5, 0.6) is 0 Å². The molecule has 0 atom stereocenters. The highest BCUT2D eigenvalue weighted by atomic mass is 16.6. The lowest BCUT2D eigenvalue weighted by Crippen LogP contribution is -2.44. The first-order valence-electron chi connectivity index (χ1n) is 10.8. The highest BCUT2D eigenvalue weighted by molar-refractivity contribution is 5.97. The van der Waals surface area contributed by atoms with Crippen molar-refractivity contribution in [3.05, 3.63) is 99.9 Å². The Kier molecular flexibility index (Phi) is 8.53. The predicted molar refractivity (Wildman–Crippen MR) is 127 cm³/mol. The first-order chi connectivity index (χ1) is 16.4. The third-order valence-corrected chi connectivity index (χ3v) is 5.46. The van der Waals surface area contributed by atoms with E-state index in [0.717, 1.165) is 11.3 Å². The van der Waals surface area contributed by atoms with E-state index in [-0.39, 0.29) is 36.9 Å². The van der Waals surface area contributed by atoms with E-state index in [0.29, 0.717) is 13.1 Å². The van der Waals surface area contributed by atoms with Crippen molar-refractivity contribution in [1.29, 1.82) is 0 Å². The molecule has 0 N–H and O–H groups in total. The summed E-state index contributed by atoms with van der Waals surface area (Å²) in [5, 5.41) is 11.1. The minimum Gasteiger partial charge on any atom is -0.383 e. The number of non-ortho nitro benzene ring substituents is 1. The van der Waals surface area contributed by atoms with Crippen molar-refractivity contribution < 1.29 is 19.2 Å². The fourth-order valence-electron chi connectivity index (χ4n) is 3.54. The molecule has 0 aliphatic heterocycles. The fraction of sp³-hybridized carbons (Fsp3) is 0.280. The minimum absolute atomic E-state index is 0.148. The topological polar surface area (TPSA) is 97.9 Å². The predicted octanol–water partition coefficient (Wildman–Crippen LogP) is 3.25. The molecule has 178 valence electrons. The number of methoxy groups -OCH3 is 1. The number of nitro benzene ring substituents is 1. The van der Waals surface area contributed by atoms with Gasteiger partial charge in [0, 0.05) is 56.8 Å². The zero-order valence-corrected chi connectivity index (χ0v) is 19.3. The van der Waals surface area contributed by atoms with E-state index in [1.54, 1.807) is 4.90 Å². The highest BCUT2D eigenvalue weighted by Crippen LogP contribution is 2.16. The summed E-state index contributed by atoms with van der Waals surface area (Å²) >= 11 is 0. The molecule has 0 saturated carbocycles. The van der Waals surface area contributed by atoms with Gasteiger partial charge in [0.2, 0.25) is 5.91 Å². The summed E-state index contributed by atoms with van der Waals surface area (Å²) in [6.07, 6.45) is 1.91. The van der Waals surface area contributed by atoms with Crippen LogP contribution in [0.2, 0.25) is 0 Å². The molecule has 0 fully saturated rings. The van der Waals surface area contributed by atoms with E-state index in [1.165, 1.54) is 36.3 Å². The monoisotopic (exact) mass is 464 g/mol. The molecular weight excluding hydrogens is 436 g/mol. The number of nitro groups is 1. The normalized spacial score (nSPS) is 10.6. The maximum atomic E-state index is 13.4. The smallest absolute Gasteiger partial charge is 0.270 e. The van der Waals surface area contributed by atoms with Gasteiger partial charge in [-0.05, 0) is 23.8 Å². The number of rotatable bonds is 11. The molecule has 1 aromatic heterocycles. The number of hydrogen-bond donors (Lipinski definition) is 0. The Morgan fingerprint density at radius 2 is 1.76 bits per heavy atom. The van der Waals surface area contributed by atoms with Gasteiger partial charge in [-0.25, -0.2) is 0 Å². The maximum Gasteiger partial charge on any atom is 0.270 e. The minimum atomic E-state index is -0.553. The van der Waals surface area contributed by atoms with Crippen molar-refractivity contribution in [3.63, 3.8) is 0 Å². The van der Waals surface area contributed by atoms with Crippen molar-refractivity contribution in [2.24, 2.45) is 7.05 Å². The molecule has 3 aromatic rings. The van der Waals surface area contributed by atoms with E-state index >= 15 is 0 Å². The average molecular weight is 465 g/mol. The summed E-state index contributed by atoms with van der Waals surface area (Å²) in [5.41, 5.74) is 1.89. The number of carbonyl (C=O) groups excluding carboxylic acids is 2. The van der Waals surface area contributed by atoms with Gasteiger partial charge < -0.3 is 19.1 Å². The average Bonchev–Trinajstić information content (AvgIpc) is 3.25. The summed E-state index contributed by atoms with van der Waals surface area (Å²) in [6.45, 7) is 0.980. The first kappa shape index (κ1) is 24.7. The van der Waals surface area contributed by atoms with Crippen LogP contribution < -0.4 is 0 Å². The van der Waals surface area contributed by atoms with E-state index in [2.05, 4.69) is 0 Å². The SMILES string of the molecule is COCCN(CC(=O)N(Cc1ccccc1)Cc1cccn1C)C(=O)c1cccc([N+](=O)[O-])c1. The van der Waals surface area contributed by atoms with Gasteiger partial charge in [-0.15, -0.1) is 0 Å². The summed E-state index contributed by atoms with van der Waals surface area (Å²) in [6, 6.07) is 19.0. The number of hydrogen-bond acceptors (Lipinski definition) is 5. The van der Waals surface area contributed by atoms with Crippen LogP contribution >= 0.6 is 0 Å². The number of aryl methyl sites for hydroxylation is 1. The van der Waals surface area contributed by atoms with Crippen LogP contribution in [0, 0.1) is 10.1 Å². The Morgan fingerprint density at radius 3 is 2.41 bits per heavy atom. The Hall–Kier alpha value is -3.98. The van der Waals surface area contributed by atoms with E-state index in [9.17, 15) is 19.7 Å². The van der Waals surface area contributed by atoms with Gasteiger partial charge in [-0.2, -0.15) is 0 Å². The van der Waals surface area contributed by atoms with Crippen LogP contribution in [0.4, 0.5) is 5.69 Å². The molecule has 0 unspecified atom stereocenters. The number of amides is 2. The molecule has 0 bridgehead atoms. The number of nitrogens with zero attached hydrogens (tertiary/aromatic N) is 4. The van der Waals surface area contributed by atoms with Gasteiger partial charge in [0.1, 0.15) is 6.54 Å². The summed E-state index contributed by atoms with van der Waals surface area (Å²) in [5.74, 6) is -0.701. The molecular formula is C25H28N4O5. The van der Waals surface area contributed by atoms with Gasteiger partial charge in [-0.3, -0.25) is 19.7 Å². The van der Waals surface area contributed by atoms with Gasteiger partial charge in [0.25, 0.3) is 11.6 Å². The molecule has 0 radical (unpaired) electrons. The fourth-order valence-corrected chi connectivity index (χ4v) is 3.54. The van der Waals surface area contributed by atoms with Crippen LogP contribution in [0.3, 0.4) is 0 Å². The summed E-state index contributed by atoms with van der Waals surface area (Å²) < 4.78 is 7.08. The Bertz CT molecular complexity index is 1130. The molecule has 3 rings (SSSR count). The molecule has 2 aromatic carbocycles. The molecule has 0 aliphatic rings. The van der Waals surface area contributed by atoms with Crippen molar-refractivity contribution in [2.75, 3.05) is 26.8 Å². The van der Waals surface area contributed by atoms with Crippen molar-refractivity contribution in [1.82, 2.24) is 14.4 Å². The third kappa shape index (κ3) is 6.52. The molecule has 9 heteroatoms. The second kappa shape index (κ2) is 11.8. The second-order valence-corrected chi connectivity index (χ2v) is 7.87. The van der Waals surface area contributed by atoms with Gasteiger partial charge in [0.05, 0.1) is 18.1 Å². The van der Waals surface area contributed by atoms with Gasteiger partial charge in [-0.1, -0.05) is 36.4 Å². The lowest BCUT2D eigenvalue weighted by Gasteiger charge is -2.28. The Labute approximate surface area is 198 Å². The highest BCUT2D eigenvalue weighted by Gasteiger charge is 2.24. The van der Waals surface area contributed by atoms with E-state index in [4.69, 9.17) is 4.74 Å². The quantitative estimate of drug-likeness (QED) is 0.321. The Balaban J connectivity index is 1.83. The molecule has 1 heterocycles. The number of aromatic nitrogens is 1. The second-order valence-electron chi connectivity index (χ2n) is 7.87. The molecule has 0 spiro atoms. The lowest BCUT2D eigenvalue weighted by atomic mass is 10.1. The summed E-state index contributed by atoms with van der Waals surface area (Å²) in [4.78, 5) is 40.3. The van der Waals surface area contributed by atoms with Crippen molar-refractivity contribution in [3.8, 4) is 0 Å². The van der Waals surface area contributed by atoms with Gasteiger partial charge in [0.15, 0.2) is 0 Å². The molecule has 0 aliphatic carbocycles. The van der Waals surface area contributed by atoms with Crippen LogP contribution in [0.15, 0.2) is 72.9 Å². The summed E-state index contributed by atoms with van der Waals surface area (Å²) in [7, 11) is 3.42. The zero-order valence-electron chi connectivity index (χ0n) is 19.3.